The van der Waals surface area contributed by atoms with Crippen molar-refractivity contribution in [2.24, 2.45) is 0 Å². The Hall–Kier alpha value is -1.10. The lowest BCUT2D eigenvalue weighted by atomic mass is 10.4. The van der Waals surface area contributed by atoms with Crippen LogP contribution < -0.4 is 0 Å². The number of aromatic hydroxyl groups is 1. The van der Waals surface area contributed by atoms with Gasteiger partial charge in [-0.2, -0.15) is 0 Å². The first kappa shape index (κ1) is 7.54. The second kappa shape index (κ2) is 2.45. The molecule has 62 valence electrons. The van der Waals surface area contributed by atoms with Crippen molar-refractivity contribution < 1.29 is 9.50 Å². The molecule has 2 heterocycles. The molecule has 1 N–H and O–H groups in total. The van der Waals surface area contributed by atoms with Gasteiger partial charge < -0.3 is 9.51 Å². The molecule has 0 saturated carbocycles. The lowest BCUT2D eigenvalue weighted by Gasteiger charge is -1.95. The van der Waals surface area contributed by atoms with Crippen LogP contribution in [0, 0.1) is 5.82 Å². The van der Waals surface area contributed by atoms with Crippen molar-refractivity contribution in [3.8, 4) is 5.75 Å². The van der Waals surface area contributed by atoms with E-state index in [0.717, 1.165) is 0 Å². The Morgan fingerprint density at radius 3 is 3.00 bits per heavy atom. The number of pyridine rings is 1. The van der Waals surface area contributed by atoms with E-state index in [1.807, 2.05) is 0 Å². The van der Waals surface area contributed by atoms with Gasteiger partial charge in [-0.15, -0.1) is 0 Å². The minimum atomic E-state index is -0.666. The summed E-state index contributed by atoms with van der Waals surface area (Å²) in [6, 6.07) is 1.17. The van der Waals surface area contributed by atoms with Crippen molar-refractivity contribution in [3.63, 3.8) is 0 Å². The Bertz CT molecular complexity index is 401. The van der Waals surface area contributed by atoms with Crippen LogP contribution in [-0.2, 0) is 0 Å². The van der Waals surface area contributed by atoms with Gasteiger partial charge in [0, 0.05) is 12.3 Å². The van der Waals surface area contributed by atoms with Gasteiger partial charge in [-0.3, -0.25) is 0 Å². The SMILES string of the molecule is Oc1cn2cc(Br)nc2cc1F. The predicted molar refractivity (Wildman–Crippen MR) is 44.5 cm³/mol. The molecule has 2 rings (SSSR count). The van der Waals surface area contributed by atoms with E-state index < -0.39 is 5.82 Å². The van der Waals surface area contributed by atoms with Crippen LogP contribution in [0.15, 0.2) is 23.1 Å². The zero-order valence-electron chi connectivity index (χ0n) is 5.83. The van der Waals surface area contributed by atoms with Crippen molar-refractivity contribution in [2.75, 3.05) is 0 Å². The van der Waals surface area contributed by atoms with Gasteiger partial charge in [0.25, 0.3) is 0 Å². The number of hydrogen-bond acceptors (Lipinski definition) is 2. The Morgan fingerprint density at radius 2 is 2.25 bits per heavy atom. The minimum absolute atomic E-state index is 0.382. The Labute approximate surface area is 75.6 Å². The third-order valence-corrected chi connectivity index (χ3v) is 1.88. The second-order valence-corrected chi connectivity index (χ2v) is 3.15. The molecule has 0 amide bonds. The molecule has 0 aliphatic heterocycles. The van der Waals surface area contributed by atoms with E-state index in [9.17, 15) is 4.39 Å². The molecule has 0 aliphatic carbocycles. The number of halogens is 2. The summed E-state index contributed by atoms with van der Waals surface area (Å²) in [5.41, 5.74) is 0.456. The topological polar surface area (TPSA) is 37.5 Å². The van der Waals surface area contributed by atoms with Crippen LogP contribution in [0.3, 0.4) is 0 Å². The zero-order valence-corrected chi connectivity index (χ0v) is 7.42. The molecule has 0 bridgehead atoms. The minimum Gasteiger partial charge on any atom is -0.504 e. The van der Waals surface area contributed by atoms with Gasteiger partial charge in [-0.25, -0.2) is 9.37 Å². The molecule has 0 aliphatic rings. The van der Waals surface area contributed by atoms with Crippen LogP contribution in [0.25, 0.3) is 5.65 Å². The molecule has 0 atom stereocenters. The summed E-state index contributed by atoms with van der Waals surface area (Å²) in [4.78, 5) is 3.94. The maximum absolute atomic E-state index is 12.7. The molecule has 0 aromatic carbocycles. The highest BCUT2D eigenvalue weighted by Crippen LogP contribution is 2.18. The molecule has 0 saturated heterocycles. The summed E-state index contributed by atoms with van der Waals surface area (Å²) >= 11 is 3.14. The maximum atomic E-state index is 12.7. The molecule has 0 spiro atoms. The smallest absolute Gasteiger partial charge is 0.170 e. The largest absolute Gasteiger partial charge is 0.504 e. The van der Waals surface area contributed by atoms with E-state index >= 15 is 0 Å². The van der Waals surface area contributed by atoms with Crippen molar-refractivity contribution in [1.29, 1.82) is 0 Å². The van der Waals surface area contributed by atoms with Crippen LogP contribution in [0.4, 0.5) is 4.39 Å². The molecular weight excluding hydrogens is 227 g/mol. The molecule has 0 fully saturated rings. The van der Waals surface area contributed by atoms with Gasteiger partial charge in [0.1, 0.15) is 10.3 Å². The van der Waals surface area contributed by atoms with Crippen LogP contribution in [0.1, 0.15) is 0 Å². The van der Waals surface area contributed by atoms with Crippen LogP contribution in [-0.4, -0.2) is 14.5 Å². The van der Waals surface area contributed by atoms with Crippen molar-refractivity contribution in [3.05, 3.63) is 28.9 Å². The molecule has 2 aromatic heterocycles. The summed E-state index contributed by atoms with van der Waals surface area (Å²) in [5, 5.41) is 8.99. The third-order valence-electron chi connectivity index (χ3n) is 1.49. The summed E-state index contributed by atoms with van der Waals surface area (Å²) in [5.74, 6) is -1.05. The monoisotopic (exact) mass is 230 g/mol. The van der Waals surface area contributed by atoms with Crippen LogP contribution >= 0.6 is 15.9 Å². The number of rotatable bonds is 0. The van der Waals surface area contributed by atoms with Crippen molar-refractivity contribution in [2.45, 2.75) is 0 Å². The highest BCUT2D eigenvalue weighted by atomic mass is 79.9. The molecule has 3 nitrogen and oxygen atoms in total. The first-order valence-electron chi connectivity index (χ1n) is 3.19. The first-order chi connectivity index (χ1) is 5.66. The number of hydrogen-bond donors (Lipinski definition) is 1. The van der Waals surface area contributed by atoms with Crippen molar-refractivity contribution in [1.82, 2.24) is 9.38 Å². The van der Waals surface area contributed by atoms with Gasteiger partial charge >= 0.3 is 0 Å². The summed E-state index contributed by atoms with van der Waals surface area (Å²) in [7, 11) is 0. The average molecular weight is 231 g/mol. The van der Waals surface area contributed by atoms with Gasteiger partial charge in [-0.05, 0) is 15.9 Å². The second-order valence-electron chi connectivity index (χ2n) is 2.34. The predicted octanol–water partition coefficient (Wildman–Crippen LogP) is 1.94. The number of fused-ring (bicyclic) bond motifs is 1. The Balaban J connectivity index is 2.83. The molecule has 12 heavy (non-hydrogen) atoms. The van der Waals surface area contributed by atoms with E-state index in [1.165, 1.54) is 16.7 Å². The lowest BCUT2D eigenvalue weighted by Crippen LogP contribution is -1.84. The average Bonchev–Trinajstić information content (AvgIpc) is 2.30. The highest BCUT2D eigenvalue weighted by molar-refractivity contribution is 9.10. The molecular formula is C7H4BrFN2O. The molecule has 0 unspecified atom stereocenters. The fourth-order valence-electron chi connectivity index (χ4n) is 0.968. The molecule has 5 heteroatoms. The van der Waals surface area contributed by atoms with Gasteiger partial charge in [0.05, 0.1) is 6.20 Å². The first-order valence-corrected chi connectivity index (χ1v) is 3.99. The highest BCUT2D eigenvalue weighted by Gasteiger charge is 2.04. The van der Waals surface area contributed by atoms with E-state index in [-0.39, 0.29) is 5.75 Å². The summed E-state index contributed by atoms with van der Waals surface area (Å²) in [6.07, 6.45) is 2.90. The lowest BCUT2D eigenvalue weighted by molar-refractivity contribution is 0.429. The van der Waals surface area contributed by atoms with E-state index in [0.29, 0.717) is 10.3 Å². The molecule has 0 radical (unpaired) electrons. The fourth-order valence-corrected chi connectivity index (χ4v) is 1.37. The Morgan fingerprint density at radius 1 is 1.50 bits per heavy atom. The summed E-state index contributed by atoms with van der Waals surface area (Å²) in [6.45, 7) is 0. The van der Waals surface area contributed by atoms with Crippen LogP contribution in [0.2, 0.25) is 0 Å². The molecule has 2 aromatic rings. The standard InChI is InChI=1S/C7H4BrFN2O/c8-6-3-11-2-5(12)4(9)1-7(11)10-6/h1-3,12H. The van der Waals surface area contributed by atoms with Gasteiger partial charge in [0.15, 0.2) is 11.6 Å². The normalized spacial score (nSPS) is 10.8. The van der Waals surface area contributed by atoms with Crippen molar-refractivity contribution >= 4 is 21.6 Å². The quantitative estimate of drug-likeness (QED) is 0.752. The van der Waals surface area contributed by atoms with Gasteiger partial charge in [-0.1, -0.05) is 0 Å². The van der Waals surface area contributed by atoms with Gasteiger partial charge in [0.2, 0.25) is 0 Å². The zero-order chi connectivity index (χ0) is 8.72. The van der Waals surface area contributed by atoms with E-state index in [4.69, 9.17) is 5.11 Å². The Kier molecular flexibility index (Phi) is 1.54. The number of aromatic nitrogens is 2. The number of imidazole rings is 1. The van der Waals surface area contributed by atoms with E-state index in [1.54, 1.807) is 6.20 Å². The van der Waals surface area contributed by atoms with Crippen LogP contribution in [0.5, 0.6) is 5.75 Å². The summed E-state index contributed by atoms with van der Waals surface area (Å²) < 4.78 is 14.9. The fraction of sp³-hybridized carbons (Fsp3) is 0. The number of nitrogens with zero attached hydrogens (tertiary/aromatic N) is 2. The van der Waals surface area contributed by atoms with E-state index in [2.05, 4.69) is 20.9 Å². The third kappa shape index (κ3) is 1.06. The maximum Gasteiger partial charge on any atom is 0.170 e.